The van der Waals surface area contributed by atoms with Gasteiger partial charge in [-0.25, -0.2) is 24.1 Å². The molecule has 0 spiro atoms. The van der Waals surface area contributed by atoms with Crippen LogP contribution in [0.2, 0.25) is 5.02 Å². The van der Waals surface area contributed by atoms with E-state index >= 15 is 0 Å². The molecule has 0 aliphatic carbocycles. The minimum atomic E-state index is -0.783. The van der Waals surface area contributed by atoms with Gasteiger partial charge in [0.25, 0.3) is 0 Å². The Morgan fingerprint density at radius 1 is 1.34 bits per heavy atom. The Labute approximate surface area is 188 Å². The lowest BCUT2D eigenvalue weighted by Crippen LogP contribution is -2.39. The van der Waals surface area contributed by atoms with Gasteiger partial charge < -0.3 is 19.9 Å². The average Bonchev–Trinajstić information content (AvgIpc) is 3.28. The van der Waals surface area contributed by atoms with E-state index in [0.29, 0.717) is 36.7 Å². The van der Waals surface area contributed by atoms with Crippen LogP contribution in [0.3, 0.4) is 0 Å². The van der Waals surface area contributed by atoms with Crippen molar-refractivity contribution in [2.45, 2.75) is 38.9 Å². The fourth-order valence-corrected chi connectivity index (χ4v) is 3.45. The van der Waals surface area contributed by atoms with Gasteiger partial charge in [-0.2, -0.15) is 0 Å². The van der Waals surface area contributed by atoms with Crippen molar-refractivity contribution in [1.29, 1.82) is 0 Å². The number of fused-ring (bicyclic) bond motifs is 1. The zero-order valence-corrected chi connectivity index (χ0v) is 18.3. The molecule has 1 aliphatic heterocycles. The van der Waals surface area contributed by atoms with Gasteiger partial charge in [-0.15, -0.1) is 5.06 Å². The first-order chi connectivity index (χ1) is 15.4. The molecule has 2 N–H and O–H groups in total. The van der Waals surface area contributed by atoms with Gasteiger partial charge in [-0.1, -0.05) is 17.7 Å². The van der Waals surface area contributed by atoms with Crippen LogP contribution in [-0.2, 0) is 17.8 Å². The van der Waals surface area contributed by atoms with Gasteiger partial charge in [0, 0.05) is 18.8 Å². The molecule has 2 aromatic heterocycles. The third-order valence-corrected chi connectivity index (χ3v) is 5.13. The van der Waals surface area contributed by atoms with E-state index in [1.807, 2.05) is 13.8 Å². The number of nitrogens with one attached hydrogen (secondary N) is 2. The summed E-state index contributed by atoms with van der Waals surface area (Å²) in [6.07, 6.45) is 4.31. The number of carbonyl (C=O) groups excluding carboxylic acids is 1. The number of amides is 1. The molecule has 0 unspecified atom stereocenters. The molecule has 0 saturated heterocycles. The Kier molecular flexibility index (Phi) is 6.52. The third-order valence-electron chi connectivity index (χ3n) is 4.83. The standard InChI is InChI=1S/C21H22ClFN6O3/c1-12(2)26-20-24-8-14-5-6-29(9-17(14)27-20)32-21(30)28-19(18-10-31-11-25-18)13-3-4-15(22)16(23)7-13/h3-4,7-8,10-12,19H,5-6,9H2,1-2H3,(H,28,30)(H,24,26,27)/t19-/m1/s1. The lowest BCUT2D eigenvalue weighted by atomic mass is 10.0. The summed E-state index contributed by atoms with van der Waals surface area (Å²) in [5.41, 5.74) is 2.63. The van der Waals surface area contributed by atoms with Crippen LogP contribution < -0.4 is 10.6 Å². The van der Waals surface area contributed by atoms with E-state index in [2.05, 4.69) is 25.6 Å². The molecule has 1 aromatic carbocycles. The van der Waals surface area contributed by atoms with E-state index in [9.17, 15) is 9.18 Å². The highest BCUT2D eigenvalue weighted by Crippen LogP contribution is 2.25. The van der Waals surface area contributed by atoms with Crippen LogP contribution in [-0.4, -0.2) is 38.7 Å². The van der Waals surface area contributed by atoms with Crippen LogP contribution in [0.15, 0.2) is 41.5 Å². The largest absolute Gasteiger partial charge is 0.451 e. The molecule has 1 aliphatic rings. The molecule has 1 atom stereocenters. The first-order valence-electron chi connectivity index (χ1n) is 10.1. The Morgan fingerprint density at radius 2 is 2.19 bits per heavy atom. The number of anilines is 1. The Bertz CT molecular complexity index is 1100. The highest BCUT2D eigenvalue weighted by molar-refractivity contribution is 6.30. The van der Waals surface area contributed by atoms with E-state index in [-0.39, 0.29) is 11.1 Å². The van der Waals surface area contributed by atoms with Crippen molar-refractivity contribution in [3.63, 3.8) is 0 Å². The summed E-state index contributed by atoms with van der Waals surface area (Å²) in [6, 6.07) is 3.66. The summed E-state index contributed by atoms with van der Waals surface area (Å²) in [7, 11) is 0. The molecule has 1 amide bonds. The topological polar surface area (TPSA) is 105 Å². The van der Waals surface area contributed by atoms with E-state index < -0.39 is 18.0 Å². The highest BCUT2D eigenvalue weighted by atomic mass is 35.5. The van der Waals surface area contributed by atoms with E-state index in [1.54, 1.807) is 12.3 Å². The highest BCUT2D eigenvalue weighted by Gasteiger charge is 2.25. The zero-order chi connectivity index (χ0) is 22.7. The molecule has 168 valence electrons. The number of hydrogen-bond donors (Lipinski definition) is 2. The smallest absolute Gasteiger partial charge is 0.427 e. The van der Waals surface area contributed by atoms with Crippen LogP contribution in [0.1, 0.15) is 42.4 Å². The number of aromatic nitrogens is 3. The quantitative estimate of drug-likeness (QED) is 0.571. The first-order valence-corrected chi connectivity index (χ1v) is 10.4. The van der Waals surface area contributed by atoms with Crippen LogP contribution in [0, 0.1) is 5.82 Å². The van der Waals surface area contributed by atoms with E-state index in [1.165, 1.54) is 29.9 Å². The van der Waals surface area contributed by atoms with Crippen molar-refractivity contribution in [2.24, 2.45) is 0 Å². The maximum Gasteiger partial charge on any atom is 0.427 e. The molecular weight excluding hydrogens is 439 g/mol. The molecule has 11 heteroatoms. The molecule has 0 bridgehead atoms. The van der Waals surface area contributed by atoms with Crippen LogP contribution in [0.4, 0.5) is 15.1 Å². The molecular formula is C21H22ClFN6O3. The van der Waals surface area contributed by atoms with Crippen molar-refractivity contribution in [2.75, 3.05) is 11.9 Å². The predicted octanol–water partition coefficient (Wildman–Crippen LogP) is 3.87. The average molecular weight is 461 g/mol. The van der Waals surface area contributed by atoms with E-state index in [0.717, 1.165) is 11.3 Å². The Hall–Kier alpha value is -3.24. The van der Waals surface area contributed by atoms with Crippen molar-refractivity contribution in [1.82, 2.24) is 25.3 Å². The van der Waals surface area contributed by atoms with E-state index in [4.69, 9.17) is 20.9 Å². The number of nitrogens with zero attached hydrogens (tertiary/aromatic N) is 4. The minimum Gasteiger partial charge on any atom is -0.451 e. The number of oxazole rings is 1. The van der Waals surface area contributed by atoms with Crippen molar-refractivity contribution < 1.29 is 18.4 Å². The summed E-state index contributed by atoms with van der Waals surface area (Å²) < 4.78 is 19.0. The summed E-state index contributed by atoms with van der Waals surface area (Å²) >= 11 is 5.78. The van der Waals surface area contributed by atoms with Crippen molar-refractivity contribution in [3.05, 3.63) is 70.4 Å². The van der Waals surface area contributed by atoms with Gasteiger partial charge in [-0.3, -0.25) is 0 Å². The monoisotopic (exact) mass is 460 g/mol. The van der Waals surface area contributed by atoms with Gasteiger partial charge in [0.2, 0.25) is 5.95 Å². The van der Waals surface area contributed by atoms with Gasteiger partial charge in [0.1, 0.15) is 23.8 Å². The molecule has 3 heterocycles. The molecule has 32 heavy (non-hydrogen) atoms. The van der Waals surface area contributed by atoms with Gasteiger partial charge in [0.15, 0.2) is 6.39 Å². The fraction of sp³-hybridized carbons (Fsp3) is 0.333. The minimum absolute atomic E-state index is 0.0180. The normalized spacial score (nSPS) is 14.7. The van der Waals surface area contributed by atoms with Crippen LogP contribution in [0.25, 0.3) is 0 Å². The number of hydrogen-bond acceptors (Lipinski definition) is 8. The first kappa shape index (κ1) is 22.0. The van der Waals surface area contributed by atoms with Crippen molar-refractivity contribution in [3.8, 4) is 0 Å². The number of benzene rings is 1. The summed E-state index contributed by atoms with van der Waals surface area (Å²) in [6.45, 7) is 4.81. The third kappa shape index (κ3) is 5.14. The van der Waals surface area contributed by atoms with Crippen LogP contribution in [0.5, 0.6) is 0 Å². The molecule has 3 aromatic rings. The predicted molar refractivity (Wildman–Crippen MR) is 114 cm³/mol. The second-order valence-corrected chi connectivity index (χ2v) is 8.03. The zero-order valence-electron chi connectivity index (χ0n) is 17.5. The number of rotatable bonds is 6. The lowest BCUT2D eigenvalue weighted by molar-refractivity contribution is -0.112. The van der Waals surface area contributed by atoms with Gasteiger partial charge >= 0.3 is 6.09 Å². The maximum absolute atomic E-state index is 14.0. The summed E-state index contributed by atoms with van der Waals surface area (Å²) in [5.74, 6) is -0.0770. The maximum atomic E-state index is 14.0. The molecule has 0 fully saturated rings. The Balaban J connectivity index is 1.45. The lowest BCUT2D eigenvalue weighted by Gasteiger charge is -2.27. The molecule has 9 nitrogen and oxygen atoms in total. The van der Waals surface area contributed by atoms with Crippen LogP contribution >= 0.6 is 11.6 Å². The molecule has 0 saturated carbocycles. The summed E-state index contributed by atoms with van der Waals surface area (Å²) in [5, 5.41) is 7.38. The number of carbonyl (C=O) groups is 1. The number of hydroxylamine groups is 2. The SMILES string of the molecule is CC(C)Nc1ncc2c(n1)CN(OC(=O)N[C@H](c1ccc(Cl)c(F)c1)c1cocn1)CC2. The fourth-order valence-electron chi connectivity index (χ4n) is 3.33. The van der Waals surface area contributed by atoms with Crippen molar-refractivity contribution >= 4 is 23.6 Å². The number of halogens is 2. The molecule has 4 rings (SSSR count). The van der Waals surface area contributed by atoms with Gasteiger partial charge in [0.05, 0.1) is 17.3 Å². The second-order valence-electron chi connectivity index (χ2n) is 7.62. The molecule has 0 radical (unpaired) electrons. The Morgan fingerprint density at radius 3 is 2.91 bits per heavy atom. The second kappa shape index (κ2) is 9.49. The summed E-state index contributed by atoms with van der Waals surface area (Å²) in [4.78, 5) is 31.1. The van der Waals surface area contributed by atoms with Gasteiger partial charge in [-0.05, 0) is 43.5 Å².